The molecular formula is C27H25F3N4O7S2. The first-order valence-corrected chi connectivity index (χ1v) is 15.1. The van der Waals surface area contributed by atoms with E-state index in [4.69, 9.17) is 4.74 Å². The van der Waals surface area contributed by atoms with Crippen LogP contribution < -0.4 is 15.6 Å². The lowest BCUT2D eigenvalue weighted by molar-refractivity contribution is -0.274. The van der Waals surface area contributed by atoms with E-state index in [1.54, 1.807) is 20.8 Å². The minimum Gasteiger partial charge on any atom is -0.461 e. The number of halogens is 3. The number of carbonyl (C=O) groups excluding carboxylic acids is 2. The fraction of sp³-hybridized carbons (Fsp3) is 0.259. The van der Waals surface area contributed by atoms with Crippen LogP contribution in [-0.4, -0.2) is 60.4 Å². The van der Waals surface area contributed by atoms with Crippen molar-refractivity contribution in [2.24, 2.45) is 0 Å². The van der Waals surface area contributed by atoms with E-state index in [2.05, 4.69) is 15.2 Å². The minimum atomic E-state index is -4.92. The van der Waals surface area contributed by atoms with E-state index in [1.165, 1.54) is 34.0 Å². The van der Waals surface area contributed by atoms with Crippen LogP contribution in [0.1, 0.15) is 41.6 Å². The summed E-state index contributed by atoms with van der Waals surface area (Å²) in [5, 5.41) is 8.23. The van der Waals surface area contributed by atoms with Crippen molar-refractivity contribution in [2.45, 2.75) is 32.0 Å². The normalized spacial score (nSPS) is 12.0. The third-order valence-electron chi connectivity index (χ3n) is 6.12. The van der Waals surface area contributed by atoms with E-state index in [0.717, 1.165) is 40.3 Å². The highest BCUT2D eigenvalue weighted by molar-refractivity contribution is 7.89. The van der Waals surface area contributed by atoms with Gasteiger partial charge in [0.15, 0.2) is 5.69 Å². The van der Waals surface area contributed by atoms with Crippen molar-refractivity contribution in [1.29, 1.82) is 0 Å². The number of carbonyl (C=O) groups is 2. The molecule has 228 valence electrons. The third kappa shape index (κ3) is 6.71. The zero-order valence-electron chi connectivity index (χ0n) is 23.0. The van der Waals surface area contributed by atoms with Crippen molar-refractivity contribution >= 4 is 49.0 Å². The summed E-state index contributed by atoms with van der Waals surface area (Å²) in [6, 6.07) is 9.51. The highest BCUT2D eigenvalue weighted by Crippen LogP contribution is 2.31. The van der Waals surface area contributed by atoms with Gasteiger partial charge < -0.3 is 14.8 Å². The molecule has 1 amide bonds. The molecule has 2 aromatic carbocycles. The number of benzene rings is 2. The first-order valence-electron chi connectivity index (χ1n) is 12.8. The smallest absolute Gasteiger partial charge is 0.461 e. The second kappa shape index (κ2) is 12.5. The molecule has 0 bridgehead atoms. The number of alkyl halides is 3. The summed E-state index contributed by atoms with van der Waals surface area (Å²) < 4.78 is 74.3. The van der Waals surface area contributed by atoms with Crippen LogP contribution in [0.3, 0.4) is 0 Å². The summed E-state index contributed by atoms with van der Waals surface area (Å²) in [4.78, 5) is 39.4. The first-order chi connectivity index (χ1) is 20.3. The molecule has 43 heavy (non-hydrogen) atoms. The third-order valence-corrected chi connectivity index (χ3v) is 9.08. The van der Waals surface area contributed by atoms with Crippen molar-refractivity contribution in [3.8, 4) is 11.4 Å². The molecule has 2 heterocycles. The second-order valence-corrected chi connectivity index (χ2v) is 11.6. The number of rotatable bonds is 10. The molecule has 0 atom stereocenters. The van der Waals surface area contributed by atoms with E-state index in [0.29, 0.717) is 0 Å². The van der Waals surface area contributed by atoms with Gasteiger partial charge in [0.1, 0.15) is 10.8 Å². The number of sulfonamides is 1. The van der Waals surface area contributed by atoms with Crippen LogP contribution in [-0.2, 0) is 14.8 Å². The van der Waals surface area contributed by atoms with Gasteiger partial charge in [-0.1, -0.05) is 13.8 Å². The van der Waals surface area contributed by atoms with Crippen LogP contribution in [0.2, 0.25) is 0 Å². The molecular weight excluding hydrogens is 613 g/mol. The standard InChI is InChI=1S/C27H25F3N4O7S2/c1-4-33(5-2)43(38,39)19-13-7-16(8-14-19)23(35)31-24-21-20(15-42-24)22(26(37)40-6-3)32-34(25(21)36)17-9-11-18(12-10-17)41-27(28,29)30/h7-15H,4-6H2,1-3H3,(H,31,35). The second-order valence-electron chi connectivity index (χ2n) is 8.75. The van der Waals surface area contributed by atoms with Crippen LogP contribution in [0.15, 0.2) is 63.6 Å². The van der Waals surface area contributed by atoms with Gasteiger partial charge in [-0.25, -0.2) is 13.2 Å². The van der Waals surface area contributed by atoms with Gasteiger partial charge >= 0.3 is 12.3 Å². The number of hydrogen-bond acceptors (Lipinski definition) is 9. The number of anilines is 1. The number of ether oxygens (including phenoxy) is 2. The number of nitrogens with zero attached hydrogens (tertiary/aromatic N) is 3. The Labute approximate surface area is 247 Å². The summed E-state index contributed by atoms with van der Waals surface area (Å²) in [7, 11) is -3.74. The van der Waals surface area contributed by atoms with E-state index in [9.17, 15) is 36.0 Å². The van der Waals surface area contributed by atoms with Gasteiger partial charge in [0.25, 0.3) is 11.5 Å². The number of hydrogen-bond donors (Lipinski definition) is 1. The number of esters is 1. The molecule has 2 aromatic heterocycles. The summed E-state index contributed by atoms with van der Waals surface area (Å²) in [5.41, 5.74) is -0.916. The lowest BCUT2D eigenvalue weighted by Crippen LogP contribution is -2.30. The van der Waals surface area contributed by atoms with Gasteiger partial charge in [0, 0.05) is 29.4 Å². The monoisotopic (exact) mass is 638 g/mol. The van der Waals surface area contributed by atoms with Crippen LogP contribution in [0.25, 0.3) is 16.5 Å². The number of thiophene rings is 1. The fourth-order valence-corrected chi connectivity index (χ4v) is 6.51. The predicted molar refractivity (Wildman–Crippen MR) is 152 cm³/mol. The Morgan fingerprint density at radius 3 is 2.21 bits per heavy atom. The molecule has 0 aliphatic carbocycles. The lowest BCUT2D eigenvalue weighted by atomic mass is 10.2. The zero-order valence-corrected chi connectivity index (χ0v) is 24.6. The molecule has 1 N–H and O–H groups in total. The molecule has 16 heteroatoms. The lowest BCUT2D eigenvalue weighted by Gasteiger charge is -2.18. The van der Waals surface area contributed by atoms with Crippen molar-refractivity contribution in [1.82, 2.24) is 14.1 Å². The highest BCUT2D eigenvalue weighted by Gasteiger charge is 2.31. The number of nitrogens with one attached hydrogen (secondary N) is 1. The maximum absolute atomic E-state index is 13.6. The van der Waals surface area contributed by atoms with Crippen LogP contribution in [0.5, 0.6) is 5.75 Å². The van der Waals surface area contributed by atoms with Crippen LogP contribution in [0.4, 0.5) is 18.2 Å². The minimum absolute atomic E-state index is 0.00166. The molecule has 0 saturated carbocycles. The highest BCUT2D eigenvalue weighted by atomic mass is 32.2. The predicted octanol–water partition coefficient (Wildman–Crippen LogP) is 4.81. The number of amides is 1. The quantitative estimate of drug-likeness (QED) is 0.245. The molecule has 0 radical (unpaired) electrons. The fourth-order valence-electron chi connectivity index (χ4n) is 4.12. The van der Waals surface area contributed by atoms with Crippen molar-refractivity contribution in [3.05, 3.63) is 75.5 Å². The van der Waals surface area contributed by atoms with Gasteiger partial charge in [0.05, 0.1) is 22.6 Å². The molecule has 4 aromatic rings. The molecule has 0 unspecified atom stereocenters. The Hall–Kier alpha value is -4.28. The summed E-state index contributed by atoms with van der Waals surface area (Å²) in [6.45, 7) is 5.54. The van der Waals surface area contributed by atoms with Gasteiger partial charge in [-0.15, -0.1) is 24.5 Å². The molecule has 0 aliphatic heterocycles. The van der Waals surface area contributed by atoms with Gasteiger partial charge in [-0.3, -0.25) is 9.59 Å². The summed E-state index contributed by atoms with van der Waals surface area (Å²) >= 11 is 0.939. The molecule has 0 saturated heterocycles. The van der Waals surface area contributed by atoms with Gasteiger partial charge in [-0.2, -0.15) is 14.1 Å². The molecule has 0 spiro atoms. The van der Waals surface area contributed by atoms with Crippen molar-refractivity contribution in [3.63, 3.8) is 0 Å². The maximum Gasteiger partial charge on any atom is 0.573 e. The first kappa shape index (κ1) is 31.7. The zero-order chi connectivity index (χ0) is 31.5. The Morgan fingerprint density at radius 1 is 1.02 bits per heavy atom. The molecule has 0 aliphatic rings. The molecule has 11 nitrogen and oxygen atoms in total. The van der Waals surface area contributed by atoms with Crippen molar-refractivity contribution < 1.29 is 40.7 Å². The SMILES string of the molecule is CCOC(=O)c1nn(-c2ccc(OC(F)(F)F)cc2)c(=O)c2c(NC(=O)c3ccc(S(=O)(=O)N(CC)CC)cc3)scc12. The topological polar surface area (TPSA) is 137 Å². The molecule has 4 rings (SSSR count). The number of aromatic nitrogens is 2. The summed E-state index contributed by atoms with van der Waals surface area (Å²) in [5.74, 6) is -2.06. The van der Waals surface area contributed by atoms with Gasteiger partial charge in [-0.05, 0) is 55.5 Å². The van der Waals surface area contributed by atoms with E-state index < -0.39 is 39.6 Å². The summed E-state index contributed by atoms with van der Waals surface area (Å²) in [6.07, 6.45) is -4.92. The average molecular weight is 639 g/mol. The largest absolute Gasteiger partial charge is 0.573 e. The van der Waals surface area contributed by atoms with E-state index in [-0.39, 0.29) is 57.3 Å². The van der Waals surface area contributed by atoms with Crippen molar-refractivity contribution in [2.75, 3.05) is 25.0 Å². The van der Waals surface area contributed by atoms with E-state index >= 15 is 0 Å². The molecule has 0 fully saturated rings. The maximum atomic E-state index is 13.6. The van der Waals surface area contributed by atoms with Crippen LogP contribution in [0, 0.1) is 0 Å². The van der Waals surface area contributed by atoms with Crippen LogP contribution >= 0.6 is 11.3 Å². The Balaban J connectivity index is 1.73. The van der Waals surface area contributed by atoms with E-state index in [1.807, 2.05) is 0 Å². The average Bonchev–Trinajstić information content (AvgIpc) is 3.37. The van der Waals surface area contributed by atoms with Gasteiger partial charge in [0.2, 0.25) is 10.0 Å². The Morgan fingerprint density at radius 2 is 1.65 bits per heavy atom. The Bertz CT molecular complexity index is 1810. The number of fused-ring (bicyclic) bond motifs is 1. The Kier molecular flexibility index (Phi) is 9.22.